The Balaban J connectivity index is 1.72. The third-order valence-corrected chi connectivity index (χ3v) is 7.98. The Morgan fingerprint density at radius 2 is 1.88 bits per heavy atom. The highest BCUT2D eigenvalue weighted by molar-refractivity contribution is 8.10. The van der Waals surface area contributed by atoms with Crippen LogP contribution >= 0.6 is 23.5 Å². The second-order valence-corrected chi connectivity index (χ2v) is 11.8. The van der Waals surface area contributed by atoms with Crippen molar-refractivity contribution in [2.24, 2.45) is 0 Å². The summed E-state index contributed by atoms with van der Waals surface area (Å²) in [6, 6.07) is 7.23. The number of nitrogens with zero attached hydrogens (tertiary/aromatic N) is 1. The van der Waals surface area contributed by atoms with Gasteiger partial charge in [-0.15, -0.1) is 23.5 Å². The first-order valence-electron chi connectivity index (χ1n) is 11.1. The van der Waals surface area contributed by atoms with Crippen LogP contribution in [0.25, 0.3) is 0 Å². The Kier molecular flexibility index (Phi) is 8.66. The number of amides is 1. The van der Waals surface area contributed by atoms with Gasteiger partial charge in [0.05, 0.1) is 33.0 Å². The average Bonchev–Trinajstić information content (AvgIpc) is 3.08. The lowest BCUT2D eigenvalue weighted by atomic mass is 10.1. The standard InChI is InChI=1S/C24H35NO6S2/c1-23(2,3)31-22(27)25-18(14-30-24(25,4)5)20(26)21-19(32-11-12-33-21)15-29-13-16-7-9-17(28-6)10-8-16/h7-10,18,20,26H,11-15H2,1-6H3/t18-,20?/m0/s1. The summed E-state index contributed by atoms with van der Waals surface area (Å²) in [6.45, 7) is 10.2. The number of rotatable bonds is 7. The van der Waals surface area contributed by atoms with E-state index in [0.29, 0.717) is 13.2 Å². The van der Waals surface area contributed by atoms with Crippen LogP contribution in [0.4, 0.5) is 4.79 Å². The molecular weight excluding hydrogens is 462 g/mol. The molecular formula is C24H35NO6S2. The van der Waals surface area contributed by atoms with Gasteiger partial charge in [0.1, 0.15) is 23.2 Å². The van der Waals surface area contributed by atoms with Crippen LogP contribution in [0.1, 0.15) is 40.2 Å². The molecule has 1 aromatic carbocycles. The van der Waals surface area contributed by atoms with E-state index in [0.717, 1.165) is 32.6 Å². The molecule has 1 unspecified atom stereocenters. The van der Waals surface area contributed by atoms with E-state index in [-0.39, 0.29) is 6.61 Å². The van der Waals surface area contributed by atoms with Gasteiger partial charge in [0.2, 0.25) is 0 Å². The van der Waals surface area contributed by atoms with Gasteiger partial charge in [0.15, 0.2) is 0 Å². The predicted molar refractivity (Wildman–Crippen MR) is 132 cm³/mol. The molecule has 0 aromatic heterocycles. The molecule has 1 amide bonds. The lowest BCUT2D eigenvalue weighted by molar-refractivity contribution is -0.0662. The van der Waals surface area contributed by atoms with Crippen LogP contribution in [0, 0.1) is 0 Å². The summed E-state index contributed by atoms with van der Waals surface area (Å²) in [5.74, 6) is 2.65. The van der Waals surface area contributed by atoms with Gasteiger partial charge in [-0.25, -0.2) is 4.79 Å². The van der Waals surface area contributed by atoms with E-state index >= 15 is 0 Å². The second-order valence-electron chi connectivity index (χ2n) is 9.45. The first kappa shape index (κ1) is 26.2. The zero-order valence-corrected chi connectivity index (χ0v) is 21.9. The molecule has 2 aliphatic rings. The number of carbonyl (C=O) groups is 1. The van der Waals surface area contributed by atoms with E-state index in [9.17, 15) is 9.90 Å². The molecule has 1 N–H and O–H groups in total. The fourth-order valence-electron chi connectivity index (χ4n) is 3.72. The lowest BCUT2D eigenvalue weighted by Gasteiger charge is -2.37. The van der Waals surface area contributed by atoms with Gasteiger partial charge >= 0.3 is 6.09 Å². The summed E-state index contributed by atoms with van der Waals surface area (Å²) in [5.41, 5.74) is -0.457. The summed E-state index contributed by atoms with van der Waals surface area (Å²) in [5, 5.41) is 11.4. The Labute approximate surface area is 205 Å². The van der Waals surface area contributed by atoms with Gasteiger partial charge in [-0.05, 0) is 52.3 Å². The quantitative estimate of drug-likeness (QED) is 0.584. The first-order valence-corrected chi connectivity index (χ1v) is 13.0. The van der Waals surface area contributed by atoms with Crippen molar-refractivity contribution in [2.75, 3.05) is 31.8 Å². The minimum Gasteiger partial charge on any atom is -0.497 e. The molecule has 0 saturated carbocycles. The Morgan fingerprint density at radius 1 is 1.21 bits per heavy atom. The third-order valence-electron chi connectivity index (χ3n) is 5.30. The first-order chi connectivity index (χ1) is 15.5. The molecule has 0 bridgehead atoms. The van der Waals surface area contributed by atoms with Crippen LogP contribution < -0.4 is 4.74 Å². The second kappa shape index (κ2) is 10.9. The molecule has 7 nitrogen and oxygen atoms in total. The van der Waals surface area contributed by atoms with E-state index in [2.05, 4.69) is 0 Å². The maximum absolute atomic E-state index is 13.0. The van der Waals surface area contributed by atoms with Crippen LogP contribution in [0.3, 0.4) is 0 Å². The van der Waals surface area contributed by atoms with Gasteiger partial charge in [0, 0.05) is 21.3 Å². The molecule has 1 saturated heterocycles. The van der Waals surface area contributed by atoms with Crippen LogP contribution in [0.2, 0.25) is 0 Å². The highest BCUT2D eigenvalue weighted by atomic mass is 32.2. The van der Waals surface area contributed by atoms with Gasteiger partial charge in [-0.2, -0.15) is 0 Å². The van der Waals surface area contributed by atoms with Gasteiger partial charge in [-0.3, -0.25) is 4.90 Å². The van der Waals surface area contributed by atoms with Crippen molar-refractivity contribution in [1.82, 2.24) is 4.90 Å². The summed E-state index contributed by atoms with van der Waals surface area (Å²) in [6.07, 6.45) is -1.36. The maximum Gasteiger partial charge on any atom is 0.413 e. The number of benzene rings is 1. The van der Waals surface area contributed by atoms with E-state index in [1.807, 2.05) is 58.9 Å². The molecule has 1 aromatic rings. The number of hydrogen-bond acceptors (Lipinski definition) is 8. The summed E-state index contributed by atoms with van der Waals surface area (Å²) >= 11 is 3.32. The monoisotopic (exact) mass is 497 g/mol. The predicted octanol–water partition coefficient (Wildman–Crippen LogP) is 4.64. The minimum absolute atomic E-state index is 0.238. The fourth-order valence-corrected chi connectivity index (χ4v) is 6.18. The van der Waals surface area contributed by atoms with E-state index in [1.54, 1.807) is 30.6 Å². The lowest BCUT2D eigenvalue weighted by Crippen LogP contribution is -2.53. The largest absolute Gasteiger partial charge is 0.497 e. The van der Waals surface area contributed by atoms with Crippen molar-refractivity contribution in [1.29, 1.82) is 0 Å². The summed E-state index contributed by atoms with van der Waals surface area (Å²) in [7, 11) is 1.64. The smallest absolute Gasteiger partial charge is 0.413 e. The zero-order valence-electron chi connectivity index (χ0n) is 20.3. The number of hydrogen-bond donors (Lipinski definition) is 1. The topological polar surface area (TPSA) is 77.5 Å². The van der Waals surface area contributed by atoms with E-state index in [4.69, 9.17) is 18.9 Å². The molecule has 1 fully saturated rings. The number of aliphatic hydroxyl groups is 1. The SMILES string of the molecule is COc1ccc(COCC2=C(C(O)[C@@H]3COC(C)(C)N3C(=O)OC(C)(C)C)SCCS2)cc1. The maximum atomic E-state index is 13.0. The minimum atomic E-state index is -0.878. The molecule has 2 aliphatic heterocycles. The van der Waals surface area contributed by atoms with Gasteiger partial charge in [0.25, 0.3) is 0 Å². The zero-order chi connectivity index (χ0) is 24.2. The number of aliphatic hydroxyl groups excluding tert-OH is 1. The molecule has 2 heterocycles. The molecule has 0 aliphatic carbocycles. The molecule has 0 spiro atoms. The van der Waals surface area contributed by atoms with Crippen LogP contribution in [0.15, 0.2) is 34.1 Å². The number of ether oxygens (including phenoxy) is 4. The highest BCUT2D eigenvalue weighted by Gasteiger charge is 2.49. The van der Waals surface area contributed by atoms with Crippen LogP contribution in [-0.2, 0) is 20.8 Å². The number of thioether (sulfide) groups is 2. The third kappa shape index (κ3) is 6.82. The summed E-state index contributed by atoms with van der Waals surface area (Å²) < 4.78 is 22.7. The average molecular weight is 498 g/mol. The van der Waals surface area contributed by atoms with Crippen molar-refractivity contribution in [3.63, 3.8) is 0 Å². The number of methoxy groups -OCH3 is 1. The normalized spacial score (nSPS) is 21.8. The van der Waals surface area contributed by atoms with Gasteiger partial charge < -0.3 is 24.1 Å². The molecule has 33 heavy (non-hydrogen) atoms. The fraction of sp³-hybridized carbons (Fsp3) is 0.625. The number of carbonyl (C=O) groups excluding carboxylic acids is 1. The van der Waals surface area contributed by atoms with Crippen molar-refractivity contribution < 1.29 is 28.8 Å². The van der Waals surface area contributed by atoms with Crippen LogP contribution in [0.5, 0.6) is 5.75 Å². The molecule has 184 valence electrons. The van der Waals surface area contributed by atoms with E-state index in [1.165, 1.54) is 4.90 Å². The Bertz CT molecular complexity index is 850. The van der Waals surface area contributed by atoms with Crippen molar-refractivity contribution in [3.8, 4) is 5.75 Å². The summed E-state index contributed by atoms with van der Waals surface area (Å²) in [4.78, 5) is 16.4. The van der Waals surface area contributed by atoms with Crippen LogP contribution in [-0.4, -0.2) is 71.4 Å². The molecule has 0 radical (unpaired) electrons. The van der Waals surface area contributed by atoms with Crippen molar-refractivity contribution in [2.45, 2.75) is 64.7 Å². The highest BCUT2D eigenvalue weighted by Crippen LogP contribution is 2.41. The van der Waals surface area contributed by atoms with Crippen molar-refractivity contribution >= 4 is 29.6 Å². The molecule has 2 atom stereocenters. The van der Waals surface area contributed by atoms with Crippen molar-refractivity contribution in [3.05, 3.63) is 39.6 Å². The molecule has 9 heteroatoms. The Morgan fingerprint density at radius 3 is 2.52 bits per heavy atom. The molecule has 3 rings (SSSR count). The van der Waals surface area contributed by atoms with E-state index < -0.39 is 29.6 Å². The van der Waals surface area contributed by atoms with Gasteiger partial charge in [-0.1, -0.05) is 12.1 Å². The Hall–Kier alpha value is -1.39.